The topological polar surface area (TPSA) is 27.8 Å². The van der Waals surface area contributed by atoms with Crippen LogP contribution in [-0.4, -0.2) is 11.5 Å². The van der Waals surface area contributed by atoms with Crippen LogP contribution in [0.25, 0.3) is 34.2 Å². The predicted octanol–water partition coefficient (Wildman–Crippen LogP) is 5.03. The molecule has 1 saturated carbocycles. The molecule has 2 heteroatoms. The fourth-order valence-corrected chi connectivity index (χ4v) is 4.92. The monoisotopic (exact) mass is 382 g/mol. The first-order valence-corrected chi connectivity index (χ1v) is 11.2. The number of nitrogens with one attached hydrogen (secondary N) is 2. The molecule has 3 aromatic rings. The maximum atomic E-state index is 3.80. The highest BCUT2D eigenvalue weighted by Crippen LogP contribution is 2.25. The van der Waals surface area contributed by atoms with Crippen molar-refractivity contribution in [2.24, 2.45) is 5.92 Å². The van der Waals surface area contributed by atoms with Crippen molar-refractivity contribution in [2.75, 3.05) is 6.54 Å². The molecular formula is C27H30N2. The quantitative estimate of drug-likeness (QED) is 0.637. The molecule has 148 valence electrons. The number of rotatable bonds is 5. The summed E-state index contributed by atoms with van der Waals surface area (Å²) in [6, 6.07) is 15.4. The first-order chi connectivity index (χ1) is 14.4. The van der Waals surface area contributed by atoms with E-state index in [9.17, 15) is 0 Å². The maximum absolute atomic E-state index is 3.80. The molecule has 0 atom stereocenters. The summed E-state index contributed by atoms with van der Waals surface area (Å²) in [6.07, 6.45) is 17.0. The number of aromatic nitrogens is 1. The summed E-state index contributed by atoms with van der Waals surface area (Å²) in [7, 11) is 0. The van der Waals surface area contributed by atoms with Crippen LogP contribution >= 0.6 is 0 Å². The molecule has 0 bridgehead atoms. The van der Waals surface area contributed by atoms with Crippen molar-refractivity contribution in [1.82, 2.24) is 10.3 Å². The van der Waals surface area contributed by atoms with Crippen LogP contribution < -0.4 is 15.9 Å². The molecule has 29 heavy (non-hydrogen) atoms. The Balaban J connectivity index is 1.50. The molecule has 1 aromatic heterocycles. The molecular weight excluding hydrogens is 352 g/mol. The first-order valence-electron chi connectivity index (χ1n) is 11.2. The maximum Gasteiger partial charge on any atom is 0.0510 e. The molecule has 5 rings (SSSR count). The Morgan fingerprint density at radius 1 is 0.966 bits per heavy atom. The largest absolute Gasteiger partial charge is 0.355 e. The smallest absolute Gasteiger partial charge is 0.0510 e. The molecule has 0 radical (unpaired) electrons. The molecule has 2 nitrogen and oxygen atoms in total. The Kier molecular flexibility index (Phi) is 5.36. The molecule has 0 unspecified atom stereocenters. The fraction of sp³-hybridized carbons (Fsp3) is 0.333. The molecule has 0 spiro atoms. The lowest BCUT2D eigenvalue weighted by molar-refractivity contribution is 0.342. The van der Waals surface area contributed by atoms with Gasteiger partial charge in [0.2, 0.25) is 0 Å². The van der Waals surface area contributed by atoms with Crippen LogP contribution in [-0.2, 0) is 6.54 Å². The zero-order valence-electron chi connectivity index (χ0n) is 17.1. The number of fused-ring (bicyclic) bond motifs is 2. The van der Waals surface area contributed by atoms with Crippen LogP contribution in [0.1, 0.15) is 44.1 Å². The number of allylic oxidation sites excluding steroid dienone is 2. The van der Waals surface area contributed by atoms with Gasteiger partial charge in [0.25, 0.3) is 0 Å². The van der Waals surface area contributed by atoms with Gasteiger partial charge in [0.15, 0.2) is 0 Å². The molecule has 2 aliphatic carbocycles. The third-order valence-corrected chi connectivity index (χ3v) is 6.53. The van der Waals surface area contributed by atoms with Crippen LogP contribution in [0.3, 0.4) is 0 Å². The van der Waals surface area contributed by atoms with Gasteiger partial charge in [-0.1, -0.05) is 80.0 Å². The molecule has 1 heterocycles. The zero-order chi connectivity index (χ0) is 19.5. The van der Waals surface area contributed by atoms with Gasteiger partial charge in [0.05, 0.1) is 5.69 Å². The highest BCUT2D eigenvalue weighted by molar-refractivity contribution is 5.87. The lowest BCUT2D eigenvalue weighted by Crippen LogP contribution is -2.29. The highest BCUT2D eigenvalue weighted by Gasteiger charge is 2.15. The van der Waals surface area contributed by atoms with E-state index in [1.54, 1.807) is 0 Å². The second-order valence-corrected chi connectivity index (χ2v) is 8.54. The van der Waals surface area contributed by atoms with Crippen LogP contribution in [0.4, 0.5) is 0 Å². The average Bonchev–Trinajstić information content (AvgIpc) is 2.95. The lowest BCUT2D eigenvalue weighted by atomic mass is 9.89. The Labute approximate surface area is 173 Å². The third-order valence-electron chi connectivity index (χ3n) is 6.53. The normalized spacial score (nSPS) is 16.8. The minimum atomic E-state index is 0.848. The third kappa shape index (κ3) is 3.95. The minimum absolute atomic E-state index is 0.848. The fourth-order valence-electron chi connectivity index (χ4n) is 4.92. The summed E-state index contributed by atoms with van der Waals surface area (Å²) in [6.45, 7) is 2.05. The first kappa shape index (κ1) is 18.4. The van der Waals surface area contributed by atoms with Gasteiger partial charge in [-0.2, -0.15) is 0 Å². The number of H-pyrrole nitrogens is 1. The van der Waals surface area contributed by atoms with Gasteiger partial charge >= 0.3 is 0 Å². The zero-order valence-corrected chi connectivity index (χ0v) is 17.1. The van der Waals surface area contributed by atoms with Crippen LogP contribution in [0.2, 0.25) is 0 Å². The van der Waals surface area contributed by atoms with Crippen LogP contribution in [0.15, 0.2) is 54.6 Å². The van der Waals surface area contributed by atoms with Gasteiger partial charge in [-0.25, -0.2) is 0 Å². The highest BCUT2D eigenvalue weighted by atomic mass is 14.9. The van der Waals surface area contributed by atoms with Gasteiger partial charge in [-0.05, 0) is 59.7 Å². The van der Waals surface area contributed by atoms with Gasteiger partial charge < -0.3 is 10.3 Å². The van der Waals surface area contributed by atoms with Gasteiger partial charge in [0.1, 0.15) is 0 Å². The van der Waals surface area contributed by atoms with E-state index in [0.717, 1.165) is 25.4 Å². The van der Waals surface area contributed by atoms with Crippen molar-refractivity contribution in [3.05, 3.63) is 70.7 Å². The van der Waals surface area contributed by atoms with Gasteiger partial charge in [0, 0.05) is 17.1 Å². The van der Waals surface area contributed by atoms with E-state index in [1.807, 2.05) is 0 Å². The summed E-state index contributed by atoms with van der Waals surface area (Å²) in [5.74, 6) is 0.848. The second kappa shape index (κ2) is 8.42. The number of benzene rings is 2. The number of aromatic amines is 1. The standard InChI is InChI=1S/C27H30N2/c1-3-9-20(10-4-1)18-28-19-25-24-13-5-2-6-14-26(24)29-27(25)23-16-15-21-11-7-8-12-22(21)17-23/h2,5,7-8,11-17,20,28-29H,1,3-4,6,9-10,18-19H2. The Morgan fingerprint density at radius 3 is 2.72 bits per heavy atom. The second-order valence-electron chi connectivity index (χ2n) is 8.54. The van der Waals surface area contributed by atoms with Crippen molar-refractivity contribution >= 4 is 22.9 Å². The molecule has 1 fully saturated rings. The summed E-state index contributed by atoms with van der Waals surface area (Å²) in [5, 5.41) is 8.99. The SMILES string of the molecule is C1=CCC=c2[nH]c(-c3ccc4ccccc4c3)c(CNCC3CCCCC3)c2=C1. The van der Waals surface area contributed by atoms with Crippen molar-refractivity contribution in [3.8, 4) is 11.3 Å². The number of hydrogen-bond acceptors (Lipinski definition) is 1. The van der Waals surface area contributed by atoms with E-state index in [-0.39, 0.29) is 0 Å². The van der Waals surface area contributed by atoms with Crippen LogP contribution in [0, 0.1) is 5.92 Å². The number of hydrogen-bond donors (Lipinski definition) is 2. The molecule has 0 amide bonds. The van der Waals surface area contributed by atoms with E-state index < -0.39 is 0 Å². The summed E-state index contributed by atoms with van der Waals surface area (Å²) >= 11 is 0. The van der Waals surface area contributed by atoms with Crippen LogP contribution in [0.5, 0.6) is 0 Å². The molecule has 2 N–H and O–H groups in total. The van der Waals surface area contributed by atoms with Crippen molar-refractivity contribution < 1.29 is 0 Å². The summed E-state index contributed by atoms with van der Waals surface area (Å²) < 4.78 is 0. The van der Waals surface area contributed by atoms with E-state index in [1.165, 1.54) is 70.3 Å². The lowest BCUT2D eigenvalue weighted by Gasteiger charge is -2.21. The summed E-state index contributed by atoms with van der Waals surface area (Å²) in [4.78, 5) is 3.74. The Bertz CT molecular complexity index is 1140. The Hall–Kier alpha value is -2.58. The van der Waals surface area contributed by atoms with E-state index >= 15 is 0 Å². The van der Waals surface area contributed by atoms with Gasteiger partial charge in [-0.15, -0.1) is 0 Å². The summed E-state index contributed by atoms with van der Waals surface area (Å²) in [5.41, 5.74) is 3.94. The van der Waals surface area contributed by atoms with Crippen molar-refractivity contribution in [2.45, 2.75) is 45.1 Å². The molecule has 0 aliphatic heterocycles. The predicted molar refractivity (Wildman–Crippen MR) is 124 cm³/mol. The van der Waals surface area contributed by atoms with E-state index in [0.29, 0.717) is 0 Å². The minimum Gasteiger partial charge on any atom is -0.355 e. The van der Waals surface area contributed by atoms with E-state index in [2.05, 4.69) is 77.1 Å². The molecule has 2 aliphatic rings. The van der Waals surface area contributed by atoms with Crippen molar-refractivity contribution in [3.63, 3.8) is 0 Å². The van der Waals surface area contributed by atoms with Crippen molar-refractivity contribution in [1.29, 1.82) is 0 Å². The average molecular weight is 383 g/mol. The van der Waals surface area contributed by atoms with Gasteiger partial charge in [-0.3, -0.25) is 0 Å². The van der Waals surface area contributed by atoms with E-state index in [4.69, 9.17) is 0 Å². The molecule has 2 aromatic carbocycles. The Morgan fingerprint density at radius 2 is 1.83 bits per heavy atom. The molecule has 0 saturated heterocycles.